The standard InChI is InChI=1S/C9H12N2.C2H6/c1-4-5-9-7(2)6-10-8(3)11-9;1-2/h4-6H,1-3H3;1-2H3/b5-4-;. The Balaban J connectivity index is 0.000000671. The van der Waals surface area contributed by atoms with Crippen molar-refractivity contribution >= 4 is 6.08 Å². The summed E-state index contributed by atoms with van der Waals surface area (Å²) >= 11 is 0. The molecule has 1 rings (SSSR count). The zero-order valence-corrected chi connectivity index (χ0v) is 9.13. The zero-order valence-electron chi connectivity index (χ0n) is 9.13. The fraction of sp³-hybridized carbons (Fsp3) is 0.455. The molecule has 0 aromatic carbocycles. The van der Waals surface area contributed by atoms with E-state index in [-0.39, 0.29) is 0 Å². The quantitative estimate of drug-likeness (QED) is 0.660. The fourth-order valence-corrected chi connectivity index (χ4v) is 0.874. The molecule has 1 aromatic rings. The van der Waals surface area contributed by atoms with Crippen molar-refractivity contribution in [1.29, 1.82) is 0 Å². The third-order valence-corrected chi connectivity index (χ3v) is 1.46. The second kappa shape index (κ2) is 6.35. The minimum atomic E-state index is 0.823. The molecule has 0 spiro atoms. The van der Waals surface area contributed by atoms with Crippen LogP contribution in [-0.2, 0) is 0 Å². The Bertz CT molecular complexity index is 277. The maximum absolute atomic E-state index is 4.26. The summed E-state index contributed by atoms with van der Waals surface area (Å²) in [5, 5.41) is 0. The molecule has 0 unspecified atom stereocenters. The van der Waals surface area contributed by atoms with Gasteiger partial charge < -0.3 is 0 Å². The van der Waals surface area contributed by atoms with E-state index in [1.165, 1.54) is 0 Å². The van der Waals surface area contributed by atoms with Crippen molar-refractivity contribution in [3.05, 3.63) is 29.4 Å². The second-order valence-corrected chi connectivity index (χ2v) is 2.49. The third kappa shape index (κ3) is 3.83. The van der Waals surface area contributed by atoms with Crippen LogP contribution in [0.15, 0.2) is 12.3 Å². The van der Waals surface area contributed by atoms with Gasteiger partial charge in [-0.15, -0.1) is 0 Å². The van der Waals surface area contributed by atoms with Gasteiger partial charge in [0.25, 0.3) is 0 Å². The van der Waals surface area contributed by atoms with Gasteiger partial charge in [-0.1, -0.05) is 19.9 Å². The van der Waals surface area contributed by atoms with Crippen LogP contribution in [0.5, 0.6) is 0 Å². The maximum Gasteiger partial charge on any atom is 0.125 e. The van der Waals surface area contributed by atoms with Crippen LogP contribution in [0.3, 0.4) is 0 Å². The van der Waals surface area contributed by atoms with E-state index in [2.05, 4.69) is 9.97 Å². The predicted octanol–water partition coefficient (Wildman–Crippen LogP) is 3.15. The lowest BCUT2D eigenvalue weighted by Crippen LogP contribution is -1.92. The minimum absolute atomic E-state index is 0.823. The van der Waals surface area contributed by atoms with Crippen LogP contribution in [0.25, 0.3) is 6.08 Å². The highest BCUT2D eigenvalue weighted by Crippen LogP contribution is 2.04. The van der Waals surface area contributed by atoms with Crippen LogP contribution in [0, 0.1) is 13.8 Å². The van der Waals surface area contributed by atoms with Gasteiger partial charge in [-0.2, -0.15) is 0 Å². The molecular formula is C11H18N2. The van der Waals surface area contributed by atoms with Gasteiger partial charge in [0.05, 0.1) is 5.69 Å². The molecular weight excluding hydrogens is 160 g/mol. The lowest BCUT2D eigenvalue weighted by Gasteiger charge is -1.98. The van der Waals surface area contributed by atoms with E-state index in [0.717, 1.165) is 17.1 Å². The Labute approximate surface area is 80.7 Å². The molecule has 1 heterocycles. The van der Waals surface area contributed by atoms with Crippen molar-refractivity contribution in [2.75, 3.05) is 0 Å². The first-order valence-electron chi connectivity index (χ1n) is 4.67. The monoisotopic (exact) mass is 178 g/mol. The summed E-state index contributed by atoms with van der Waals surface area (Å²) in [5.74, 6) is 0.823. The number of nitrogens with zero attached hydrogens (tertiary/aromatic N) is 2. The molecule has 72 valence electrons. The van der Waals surface area contributed by atoms with E-state index in [1.807, 2.05) is 53.0 Å². The molecule has 0 atom stereocenters. The lowest BCUT2D eigenvalue weighted by molar-refractivity contribution is 1.02. The molecule has 2 heteroatoms. The van der Waals surface area contributed by atoms with Crippen molar-refractivity contribution in [2.24, 2.45) is 0 Å². The second-order valence-electron chi connectivity index (χ2n) is 2.49. The Morgan fingerprint density at radius 1 is 1.23 bits per heavy atom. The van der Waals surface area contributed by atoms with Crippen molar-refractivity contribution in [2.45, 2.75) is 34.6 Å². The molecule has 0 bridgehead atoms. The van der Waals surface area contributed by atoms with Crippen LogP contribution < -0.4 is 0 Å². The molecule has 0 saturated carbocycles. The van der Waals surface area contributed by atoms with Gasteiger partial charge in [0.1, 0.15) is 5.82 Å². The molecule has 2 nitrogen and oxygen atoms in total. The lowest BCUT2D eigenvalue weighted by atomic mass is 10.2. The molecule has 0 radical (unpaired) electrons. The smallest absolute Gasteiger partial charge is 0.125 e. The number of aromatic nitrogens is 2. The van der Waals surface area contributed by atoms with E-state index in [1.54, 1.807) is 0 Å². The van der Waals surface area contributed by atoms with E-state index < -0.39 is 0 Å². The van der Waals surface area contributed by atoms with Crippen LogP contribution in [0.4, 0.5) is 0 Å². The van der Waals surface area contributed by atoms with Crippen LogP contribution >= 0.6 is 0 Å². The van der Waals surface area contributed by atoms with Gasteiger partial charge in [-0.05, 0) is 32.4 Å². The summed E-state index contributed by atoms with van der Waals surface area (Å²) in [7, 11) is 0. The first-order valence-corrected chi connectivity index (χ1v) is 4.67. The third-order valence-electron chi connectivity index (χ3n) is 1.46. The van der Waals surface area contributed by atoms with Gasteiger partial charge in [0.15, 0.2) is 0 Å². The van der Waals surface area contributed by atoms with Gasteiger partial charge in [0.2, 0.25) is 0 Å². The predicted molar refractivity (Wildman–Crippen MR) is 57.6 cm³/mol. The number of aryl methyl sites for hydroxylation is 2. The number of hydrogen-bond donors (Lipinski definition) is 0. The van der Waals surface area contributed by atoms with Crippen molar-refractivity contribution in [3.63, 3.8) is 0 Å². The highest BCUT2D eigenvalue weighted by Gasteiger charge is 1.95. The van der Waals surface area contributed by atoms with Crippen molar-refractivity contribution in [3.8, 4) is 0 Å². The molecule has 13 heavy (non-hydrogen) atoms. The number of rotatable bonds is 1. The molecule has 0 saturated heterocycles. The maximum atomic E-state index is 4.26. The first-order chi connectivity index (χ1) is 6.24. The largest absolute Gasteiger partial charge is 0.241 e. The molecule has 0 aliphatic carbocycles. The molecule has 0 N–H and O–H groups in total. The van der Waals surface area contributed by atoms with Crippen molar-refractivity contribution < 1.29 is 0 Å². The van der Waals surface area contributed by atoms with Gasteiger partial charge >= 0.3 is 0 Å². The highest BCUT2D eigenvalue weighted by molar-refractivity contribution is 5.47. The highest BCUT2D eigenvalue weighted by atomic mass is 14.9. The molecule has 0 aliphatic heterocycles. The first kappa shape index (κ1) is 11.8. The van der Waals surface area contributed by atoms with E-state index in [9.17, 15) is 0 Å². The average molecular weight is 178 g/mol. The normalized spacial score (nSPS) is 9.62. The summed E-state index contributed by atoms with van der Waals surface area (Å²) in [6.45, 7) is 9.89. The number of allylic oxidation sites excluding steroid dienone is 1. The summed E-state index contributed by atoms with van der Waals surface area (Å²) in [6, 6.07) is 0. The Morgan fingerprint density at radius 3 is 2.38 bits per heavy atom. The van der Waals surface area contributed by atoms with E-state index >= 15 is 0 Å². The molecule has 0 fully saturated rings. The summed E-state index contributed by atoms with van der Waals surface area (Å²) in [6.07, 6.45) is 5.82. The number of hydrogen-bond acceptors (Lipinski definition) is 2. The van der Waals surface area contributed by atoms with Crippen LogP contribution in [-0.4, -0.2) is 9.97 Å². The van der Waals surface area contributed by atoms with E-state index in [0.29, 0.717) is 0 Å². The Hall–Kier alpha value is -1.18. The SMILES string of the molecule is C/C=C\c1nc(C)ncc1C.CC. The molecule has 1 aromatic heterocycles. The van der Waals surface area contributed by atoms with Crippen LogP contribution in [0.1, 0.15) is 37.9 Å². The van der Waals surface area contributed by atoms with Gasteiger partial charge in [-0.3, -0.25) is 0 Å². The molecule has 0 aliphatic rings. The van der Waals surface area contributed by atoms with E-state index in [4.69, 9.17) is 0 Å². The molecule has 0 amide bonds. The summed E-state index contributed by atoms with van der Waals surface area (Å²) in [4.78, 5) is 8.34. The average Bonchev–Trinajstić information content (AvgIpc) is 2.15. The van der Waals surface area contributed by atoms with Gasteiger partial charge in [0, 0.05) is 6.20 Å². The minimum Gasteiger partial charge on any atom is -0.241 e. The summed E-state index contributed by atoms with van der Waals surface area (Å²) in [5.41, 5.74) is 2.13. The summed E-state index contributed by atoms with van der Waals surface area (Å²) < 4.78 is 0. The fourth-order valence-electron chi connectivity index (χ4n) is 0.874. The topological polar surface area (TPSA) is 25.8 Å². The Morgan fingerprint density at radius 2 is 1.85 bits per heavy atom. The van der Waals surface area contributed by atoms with Crippen molar-refractivity contribution in [1.82, 2.24) is 9.97 Å². The zero-order chi connectivity index (χ0) is 10.3. The van der Waals surface area contributed by atoms with Gasteiger partial charge in [-0.25, -0.2) is 9.97 Å². The van der Waals surface area contributed by atoms with Crippen LogP contribution in [0.2, 0.25) is 0 Å². The Kier molecular flexibility index (Phi) is 5.77.